The molecule has 1 atom stereocenters. The van der Waals surface area contributed by atoms with Crippen molar-refractivity contribution in [1.29, 1.82) is 0 Å². The standard InChI is InChI=1S/C11H21NO3/c1-12-7-4-6-11(13)15-9-10-5-2-3-8-14-10/h10,12H,2-9H2,1H3. The molecule has 1 fully saturated rings. The van der Waals surface area contributed by atoms with Gasteiger partial charge in [-0.15, -0.1) is 0 Å². The third kappa shape index (κ3) is 5.74. The summed E-state index contributed by atoms with van der Waals surface area (Å²) in [7, 11) is 1.88. The highest BCUT2D eigenvalue weighted by atomic mass is 16.6. The summed E-state index contributed by atoms with van der Waals surface area (Å²) in [5.74, 6) is -0.112. The molecule has 1 aliphatic heterocycles. The van der Waals surface area contributed by atoms with E-state index in [4.69, 9.17) is 9.47 Å². The highest BCUT2D eigenvalue weighted by Crippen LogP contribution is 2.12. The molecule has 1 N–H and O–H groups in total. The summed E-state index contributed by atoms with van der Waals surface area (Å²) in [6.45, 7) is 2.09. The average molecular weight is 215 g/mol. The van der Waals surface area contributed by atoms with E-state index in [-0.39, 0.29) is 12.1 Å². The number of carbonyl (C=O) groups is 1. The van der Waals surface area contributed by atoms with E-state index in [0.29, 0.717) is 13.0 Å². The molecule has 1 unspecified atom stereocenters. The van der Waals surface area contributed by atoms with Crippen LogP contribution in [0, 0.1) is 0 Å². The zero-order chi connectivity index (χ0) is 10.9. The van der Waals surface area contributed by atoms with Gasteiger partial charge in [0.05, 0.1) is 6.10 Å². The van der Waals surface area contributed by atoms with E-state index in [0.717, 1.165) is 32.4 Å². The minimum atomic E-state index is -0.112. The van der Waals surface area contributed by atoms with Crippen molar-refractivity contribution in [3.05, 3.63) is 0 Å². The normalized spacial score (nSPS) is 21.3. The van der Waals surface area contributed by atoms with Crippen LogP contribution in [0.5, 0.6) is 0 Å². The predicted molar refractivity (Wildman–Crippen MR) is 57.7 cm³/mol. The van der Waals surface area contributed by atoms with Gasteiger partial charge in [-0.2, -0.15) is 0 Å². The SMILES string of the molecule is CNCCCC(=O)OCC1CCCCO1. The lowest BCUT2D eigenvalue weighted by Gasteiger charge is -2.22. The van der Waals surface area contributed by atoms with Gasteiger partial charge in [-0.25, -0.2) is 0 Å². The fraction of sp³-hybridized carbons (Fsp3) is 0.909. The fourth-order valence-corrected chi connectivity index (χ4v) is 1.61. The third-order valence-corrected chi connectivity index (χ3v) is 2.51. The van der Waals surface area contributed by atoms with Crippen LogP contribution in [-0.4, -0.2) is 38.9 Å². The molecule has 0 aromatic heterocycles. The summed E-state index contributed by atoms with van der Waals surface area (Å²) >= 11 is 0. The summed E-state index contributed by atoms with van der Waals surface area (Å²) in [4.78, 5) is 11.3. The molecule has 0 bridgehead atoms. The summed E-state index contributed by atoms with van der Waals surface area (Å²) in [5, 5.41) is 3.00. The van der Waals surface area contributed by atoms with E-state index in [9.17, 15) is 4.79 Å². The van der Waals surface area contributed by atoms with Gasteiger partial charge in [0.1, 0.15) is 6.61 Å². The molecule has 0 aromatic rings. The zero-order valence-corrected chi connectivity index (χ0v) is 9.46. The van der Waals surface area contributed by atoms with Crippen LogP contribution < -0.4 is 5.32 Å². The Balaban J connectivity index is 2.00. The van der Waals surface area contributed by atoms with E-state index < -0.39 is 0 Å². The summed E-state index contributed by atoms with van der Waals surface area (Å²) in [6, 6.07) is 0. The first-order chi connectivity index (χ1) is 7.33. The monoisotopic (exact) mass is 215 g/mol. The molecule has 1 rings (SSSR count). The topological polar surface area (TPSA) is 47.6 Å². The number of esters is 1. The smallest absolute Gasteiger partial charge is 0.305 e. The molecule has 0 aromatic carbocycles. The molecule has 1 aliphatic rings. The maximum atomic E-state index is 11.3. The van der Waals surface area contributed by atoms with Gasteiger partial charge in [0, 0.05) is 13.0 Å². The van der Waals surface area contributed by atoms with Crippen molar-refractivity contribution in [2.45, 2.75) is 38.2 Å². The van der Waals surface area contributed by atoms with Crippen molar-refractivity contribution >= 4 is 5.97 Å². The number of rotatable bonds is 6. The Kier molecular flexibility index (Phi) is 6.36. The van der Waals surface area contributed by atoms with Crippen LogP contribution in [0.25, 0.3) is 0 Å². The second-order valence-electron chi connectivity index (χ2n) is 3.88. The maximum Gasteiger partial charge on any atom is 0.305 e. The number of hydrogen-bond acceptors (Lipinski definition) is 4. The number of nitrogens with one attached hydrogen (secondary N) is 1. The van der Waals surface area contributed by atoms with Gasteiger partial charge < -0.3 is 14.8 Å². The zero-order valence-electron chi connectivity index (χ0n) is 9.46. The molecule has 15 heavy (non-hydrogen) atoms. The van der Waals surface area contributed by atoms with E-state index >= 15 is 0 Å². The van der Waals surface area contributed by atoms with Gasteiger partial charge in [-0.05, 0) is 39.3 Å². The van der Waals surface area contributed by atoms with Crippen LogP contribution in [0.1, 0.15) is 32.1 Å². The summed E-state index contributed by atoms with van der Waals surface area (Å²) in [5.41, 5.74) is 0. The lowest BCUT2D eigenvalue weighted by Crippen LogP contribution is -2.26. The molecule has 88 valence electrons. The number of carbonyl (C=O) groups excluding carboxylic acids is 1. The first-order valence-electron chi connectivity index (χ1n) is 5.74. The molecular formula is C11H21NO3. The van der Waals surface area contributed by atoms with E-state index in [1.807, 2.05) is 7.05 Å². The third-order valence-electron chi connectivity index (χ3n) is 2.51. The van der Waals surface area contributed by atoms with Crippen LogP contribution in [0.4, 0.5) is 0 Å². The summed E-state index contributed by atoms with van der Waals surface area (Å²) < 4.78 is 10.6. The molecule has 0 amide bonds. The largest absolute Gasteiger partial charge is 0.463 e. The maximum absolute atomic E-state index is 11.3. The Bertz CT molecular complexity index is 179. The average Bonchev–Trinajstić information content (AvgIpc) is 2.28. The number of ether oxygens (including phenoxy) is 2. The van der Waals surface area contributed by atoms with E-state index in [2.05, 4.69) is 5.32 Å². The van der Waals surface area contributed by atoms with Gasteiger partial charge in [-0.1, -0.05) is 0 Å². The quantitative estimate of drug-likeness (QED) is 0.532. The second-order valence-corrected chi connectivity index (χ2v) is 3.88. The van der Waals surface area contributed by atoms with Gasteiger partial charge >= 0.3 is 5.97 Å². The Hall–Kier alpha value is -0.610. The van der Waals surface area contributed by atoms with Crippen LogP contribution in [0.3, 0.4) is 0 Å². The van der Waals surface area contributed by atoms with Gasteiger partial charge in [0.25, 0.3) is 0 Å². The minimum absolute atomic E-state index is 0.112. The molecule has 0 aliphatic carbocycles. The molecular weight excluding hydrogens is 194 g/mol. The molecule has 0 radical (unpaired) electrons. The Morgan fingerprint density at radius 2 is 2.40 bits per heavy atom. The Morgan fingerprint density at radius 1 is 1.53 bits per heavy atom. The summed E-state index contributed by atoms with van der Waals surface area (Å²) in [6.07, 6.45) is 4.79. The molecule has 0 spiro atoms. The Morgan fingerprint density at radius 3 is 3.07 bits per heavy atom. The molecule has 4 nitrogen and oxygen atoms in total. The van der Waals surface area contributed by atoms with E-state index in [1.165, 1.54) is 6.42 Å². The highest BCUT2D eigenvalue weighted by molar-refractivity contribution is 5.69. The van der Waals surface area contributed by atoms with Gasteiger partial charge in [0.15, 0.2) is 0 Å². The van der Waals surface area contributed by atoms with E-state index in [1.54, 1.807) is 0 Å². The van der Waals surface area contributed by atoms with Crippen molar-refractivity contribution in [3.8, 4) is 0 Å². The van der Waals surface area contributed by atoms with Crippen molar-refractivity contribution in [1.82, 2.24) is 5.32 Å². The van der Waals surface area contributed by atoms with Crippen molar-refractivity contribution < 1.29 is 14.3 Å². The molecule has 4 heteroatoms. The van der Waals surface area contributed by atoms with Crippen molar-refractivity contribution in [2.24, 2.45) is 0 Å². The van der Waals surface area contributed by atoms with Crippen molar-refractivity contribution in [3.63, 3.8) is 0 Å². The fourth-order valence-electron chi connectivity index (χ4n) is 1.61. The lowest BCUT2D eigenvalue weighted by molar-refractivity contribution is -0.149. The first kappa shape index (κ1) is 12.5. The molecule has 1 heterocycles. The first-order valence-corrected chi connectivity index (χ1v) is 5.74. The Labute approximate surface area is 91.3 Å². The predicted octanol–water partition coefficient (Wildman–Crippen LogP) is 1.10. The highest BCUT2D eigenvalue weighted by Gasteiger charge is 2.15. The number of hydrogen-bond donors (Lipinski definition) is 1. The van der Waals surface area contributed by atoms with Crippen LogP contribution in [-0.2, 0) is 14.3 Å². The lowest BCUT2D eigenvalue weighted by atomic mass is 10.1. The van der Waals surface area contributed by atoms with Crippen LogP contribution >= 0.6 is 0 Å². The molecule has 0 saturated carbocycles. The van der Waals surface area contributed by atoms with Gasteiger partial charge in [0.2, 0.25) is 0 Å². The van der Waals surface area contributed by atoms with Crippen molar-refractivity contribution in [2.75, 3.05) is 26.8 Å². The van der Waals surface area contributed by atoms with Crippen LogP contribution in [0.2, 0.25) is 0 Å². The molecule has 1 saturated heterocycles. The second kappa shape index (κ2) is 7.65. The minimum Gasteiger partial charge on any atom is -0.463 e. The van der Waals surface area contributed by atoms with Gasteiger partial charge in [-0.3, -0.25) is 4.79 Å². The van der Waals surface area contributed by atoms with Crippen LogP contribution in [0.15, 0.2) is 0 Å².